The van der Waals surface area contributed by atoms with Crippen LogP contribution >= 0.6 is 0 Å². The third kappa shape index (κ3) is 2.96. The minimum atomic E-state index is -1.38. The predicted octanol–water partition coefficient (Wildman–Crippen LogP) is 1.66. The van der Waals surface area contributed by atoms with Gasteiger partial charge in [0.2, 0.25) is 5.43 Å². The largest absolute Gasteiger partial charge is 0.477 e. The van der Waals surface area contributed by atoms with Crippen LogP contribution in [0.15, 0.2) is 54.0 Å². The van der Waals surface area contributed by atoms with E-state index < -0.39 is 17.0 Å². The number of anilines is 1. The third-order valence-electron chi connectivity index (χ3n) is 5.09. The highest BCUT2D eigenvalue weighted by atomic mass is 16.4. The van der Waals surface area contributed by atoms with Gasteiger partial charge in [0.05, 0.1) is 29.4 Å². The van der Waals surface area contributed by atoms with Crippen LogP contribution in [-0.4, -0.2) is 35.6 Å². The van der Waals surface area contributed by atoms with Gasteiger partial charge in [0.1, 0.15) is 17.5 Å². The summed E-state index contributed by atoms with van der Waals surface area (Å²) in [6.45, 7) is 0.977. The fraction of sp³-hybridized carbons (Fsp3) is 0.0952. The van der Waals surface area contributed by atoms with Crippen molar-refractivity contribution in [2.75, 3.05) is 4.90 Å². The van der Waals surface area contributed by atoms with Crippen molar-refractivity contribution >= 4 is 22.8 Å². The topological polar surface area (TPSA) is 138 Å². The van der Waals surface area contributed by atoms with Gasteiger partial charge in [0.25, 0.3) is 0 Å². The zero-order valence-corrected chi connectivity index (χ0v) is 15.9. The molecule has 0 saturated carbocycles. The number of pyridine rings is 3. The third-order valence-corrected chi connectivity index (χ3v) is 5.09. The van der Waals surface area contributed by atoms with E-state index in [1.165, 1.54) is 35.4 Å². The maximum absolute atomic E-state index is 12.8. The summed E-state index contributed by atoms with van der Waals surface area (Å²) in [7, 11) is 0. The van der Waals surface area contributed by atoms with Crippen molar-refractivity contribution in [1.82, 2.24) is 24.5 Å². The molecule has 0 aromatic carbocycles. The molecule has 150 valence electrons. The van der Waals surface area contributed by atoms with Gasteiger partial charge in [-0.3, -0.25) is 19.3 Å². The standard InChI is InChI=1S/C21H13N7O3/c22-7-13-6-14-18(29)15(21(30)31)10-28(17-8-23-4-5-25-17)20(14)26-19(13)27-9-12-2-1-3-24-16(12)11-27/h1-6,8,10H,9,11H2,(H,30,31). The van der Waals surface area contributed by atoms with Crippen LogP contribution in [0.5, 0.6) is 0 Å². The maximum Gasteiger partial charge on any atom is 0.341 e. The lowest BCUT2D eigenvalue weighted by Gasteiger charge is -2.19. The van der Waals surface area contributed by atoms with Crippen LogP contribution in [0.4, 0.5) is 5.82 Å². The zero-order chi connectivity index (χ0) is 21.5. The number of carboxylic acid groups (broad SMARTS) is 1. The zero-order valence-electron chi connectivity index (χ0n) is 15.9. The summed E-state index contributed by atoms with van der Waals surface area (Å²) in [6, 6.07) is 7.27. The summed E-state index contributed by atoms with van der Waals surface area (Å²) in [6.07, 6.45) is 7.26. The minimum Gasteiger partial charge on any atom is -0.477 e. The van der Waals surface area contributed by atoms with Gasteiger partial charge in [-0.2, -0.15) is 5.26 Å². The Morgan fingerprint density at radius 2 is 2.06 bits per heavy atom. The number of fused-ring (bicyclic) bond motifs is 2. The Labute approximate surface area is 174 Å². The van der Waals surface area contributed by atoms with E-state index in [2.05, 4.69) is 26.0 Å². The second-order valence-corrected chi connectivity index (χ2v) is 6.92. The minimum absolute atomic E-state index is 0.0145. The van der Waals surface area contributed by atoms with Crippen molar-refractivity contribution in [2.45, 2.75) is 13.1 Å². The van der Waals surface area contributed by atoms with E-state index >= 15 is 0 Å². The van der Waals surface area contributed by atoms with Crippen LogP contribution in [0.2, 0.25) is 0 Å². The Bertz CT molecular complexity index is 1430. The average molecular weight is 411 g/mol. The molecule has 0 bridgehead atoms. The number of aromatic carboxylic acids is 1. The highest BCUT2D eigenvalue weighted by molar-refractivity contribution is 5.93. The molecule has 31 heavy (non-hydrogen) atoms. The molecule has 0 saturated heterocycles. The van der Waals surface area contributed by atoms with Gasteiger partial charge < -0.3 is 10.0 Å². The molecule has 4 aromatic heterocycles. The lowest BCUT2D eigenvalue weighted by atomic mass is 10.1. The van der Waals surface area contributed by atoms with Crippen LogP contribution in [0.25, 0.3) is 16.9 Å². The molecule has 10 heteroatoms. The Morgan fingerprint density at radius 1 is 1.19 bits per heavy atom. The summed E-state index contributed by atoms with van der Waals surface area (Å²) in [5.41, 5.74) is 1.11. The highest BCUT2D eigenvalue weighted by Crippen LogP contribution is 2.30. The van der Waals surface area contributed by atoms with Crippen LogP contribution in [0, 0.1) is 11.3 Å². The van der Waals surface area contributed by atoms with E-state index in [9.17, 15) is 20.0 Å². The summed E-state index contributed by atoms with van der Waals surface area (Å²) in [5, 5.41) is 19.2. The quantitative estimate of drug-likeness (QED) is 0.533. The number of carbonyl (C=O) groups is 1. The summed E-state index contributed by atoms with van der Waals surface area (Å²) < 4.78 is 1.40. The number of hydrogen-bond acceptors (Lipinski definition) is 8. The van der Waals surface area contributed by atoms with Gasteiger partial charge >= 0.3 is 5.97 Å². The van der Waals surface area contributed by atoms with Crippen molar-refractivity contribution in [3.8, 4) is 11.9 Å². The SMILES string of the molecule is N#Cc1cc2c(=O)c(C(=O)O)cn(-c3cnccn3)c2nc1N1Cc2cccnc2C1. The molecule has 0 radical (unpaired) electrons. The smallest absolute Gasteiger partial charge is 0.341 e. The first-order valence-electron chi connectivity index (χ1n) is 9.24. The van der Waals surface area contributed by atoms with Gasteiger partial charge in [0, 0.05) is 31.3 Å². The molecule has 0 amide bonds. The second-order valence-electron chi connectivity index (χ2n) is 6.92. The van der Waals surface area contributed by atoms with Crippen LogP contribution in [0.1, 0.15) is 27.2 Å². The molecule has 4 aromatic rings. The summed E-state index contributed by atoms with van der Waals surface area (Å²) in [5.74, 6) is -0.703. The molecule has 1 aliphatic rings. The van der Waals surface area contributed by atoms with Gasteiger partial charge in [0.15, 0.2) is 11.5 Å². The maximum atomic E-state index is 12.8. The van der Waals surface area contributed by atoms with Gasteiger partial charge in [-0.15, -0.1) is 0 Å². The Morgan fingerprint density at radius 3 is 2.77 bits per heavy atom. The number of aromatic nitrogens is 5. The second kappa shape index (κ2) is 7.00. The fourth-order valence-corrected chi connectivity index (χ4v) is 3.65. The van der Waals surface area contributed by atoms with Crippen molar-refractivity contribution in [2.24, 2.45) is 0 Å². The lowest BCUT2D eigenvalue weighted by molar-refractivity contribution is 0.0695. The Kier molecular flexibility index (Phi) is 4.15. The monoisotopic (exact) mass is 411 g/mol. The molecule has 0 unspecified atom stereocenters. The van der Waals surface area contributed by atoms with E-state index in [1.54, 1.807) is 6.20 Å². The van der Waals surface area contributed by atoms with E-state index in [4.69, 9.17) is 0 Å². The first-order valence-corrected chi connectivity index (χ1v) is 9.24. The number of rotatable bonds is 3. The molecule has 5 rings (SSSR count). The van der Waals surface area contributed by atoms with E-state index in [0.717, 1.165) is 11.3 Å². The first-order chi connectivity index (χ1) is 15.1. The summed E-state index contributed by atoms with van der Waals surface area (Å²) in [4.78, 5) is 43.6. The molecule has 5 heterocycles. The molecule has 0 fully saturated rings. The van der Waals surface area contributed by atoms with Gasteiger partial charge in [-0.25, -0.2) is 14.8 Å². The van der Waals surface area contributed by atoms with Crippen LogP contribution in [0.3, 0.4) is 0 Å². The van der Waals surface area contributed by atoms with Crippen LogP contribution < -0.4 is 10.3 Å². The van der Waals surface area contributed by atoms with Gasteiger partial charge in [-0.05, 0) is 17.7 Å². The average Bonchev–Trinajstić information content (AvgIpc) is 3.23. The lowest BCUT2D eigenvalue weighted by Crippen LogP contribution is -2.22. The van der Waals surface area contributed by atoms with Crippen LogP contribution in [-0.2, 0) is 13.1 Å². The predicted molar refractivity (Wildman–Crippen MR) is 109 cm³/mol. The molecular weight excluding hydrogens is 398 g/mol. The molecular formula is C21H13N7O3. The first kappa shape index (κ1) is 18.4. The van der Waals surface area contributed by atoms with Crippen molar-refractivity contribution in [1.29, 1.82) is 5.26 Å². The van der Waals surface area contributed by atoms with E-state index in [0.29, 0.717) is 24.7 Å². The summed E-state index contributed by atoms with van der Waals surface area (Å²) >= 11 is 0. The molecule has 0 atom stereocenters. The fourth-order valence-electron chi connectivity index (χ4n) is 3.65. The van der Waals surface area contributed by atoms with Crippen molar-refractivity contribution < 1.29 is 9.90 Å². The van der Waals surface area contributed by atoms with Crippen molar-refractivity contribution in [3.63, 3.8) is 0 Å². The van der Waals surface area contributed by atoms with E-state index in [-0.39, 0.29) is 16.6 Å². The number of nitrogens with zero attached hydrogens (tertiary/aromatic N) is 7. The number of hydrogen-bond donors (Lipinski definition) is 1. The molecule has 0 spiro atoms. The normalized spacial score (nSPS) is 12.5. The molecule has 10 nitrogen and oxygen atoms in total. The molecule has 1 N–H and O–H groups in total. The highest BCUT2D eigenvalue weighted by Gasteiger charge is 2.26. The Balaban J connectivity index is 1.78. The number of nitriles is 1. The molecule has 0 aliphatic carbocycles. The molecule has 1 aliphatic heterocycles. The van der Waals surface area contributed by atoms with E-state index in [1.807, 2.05) is 17.0 Å². The number of carboxylic acids is 1. The Hall–Kier alpha value is -4.65. The van der Waals surface area contributed by atoms with Gasteiger partial charge in [-0.1, -0.05) is 6.07 Å². The van der Waals surface area contributed by atoms with Crippen molar-refractivity contribution in [3.05, 3.63) is 81.8 Å².